The van der Waals surface area contributed by atoms with Crippen molar-refractivity contribution in [2.75, 3.05) is 6.61 Å². The zero-order valence-corrected chi connectivity index (χ0v) is 9.41. The summed E-state index contributed by atoms with van der Waals surface area (Å²) in [5, 5.41) is 0. The van der Waals surface area contributed by atoms with Gasteiger partial charge in [-0.25, -0.2) is 4.79 Å². The number of esters is 1. The molecule has 0 amide bonds. The molecule has 0 aromatic carbocycles. The minimum absolute atomic E-state index is 0.0314. The van der Waals surface area contributed by atoms with E-state index < -0.39 is 11.9 Å². The van der Waals surface area contributed by atoms with E-state index in [1.165, 1.54) is 0 Å². The Hall–Kier alpha value is -1.01. The highest BCUT2D eigenvalue weighted by atomic mass is 32.1. The van der Waals surface area contributed by atoms with Crippen LogP contribution in [0.15, 0.2) is 12.2 Å². The molecule has 0 radical (unpaired) electrons. The predicted octanol–water partition coefficient (Wildman–Crippen LogP) is 0.294. The number of carbonyl (C=O) groups is 1. The highest BCUT2D eigenvalue weighted by Gasteiger charge is 2.17. The van der Waals surface area contributed by atoms with Crippen LogP contribution < -0.4 is 11.5 Å². The van der Waals surface area contributed by atoms with E-state index in [0.717, 1.165) is 0 Å². The van der Waals surface area contributed by atoms with Crippen LogP contribution in [0.2, 0.25) is 0 Å². The molecule has 0 atom stereocenters. The number of nitrogens with two attached hydrogens (primary N) is 2. The van der Waals surface area contributed by atoms with Crippen LogP contribution in [0.3, 0.4) is 0 Å². The first-order valence-electron chi connectivity index (χ1n) is 3.77. The molecule has 4 nitrogen and oxygen atoms in total. The fraction of sp³-hybridized carbons (Fsp3) is 0.375. The summed E-state index contributed by atoms with van der Waals surface area (Å²) >= 11 is 9.41. The Labute approximate surface area is 93.3 Å². The fourth-order valence-corrected chi connectivity index (χ4v) is 1.05. The van der Waals surface area contributed by atoms with E-state index in [-0.39, 0.29) is 16.6 Å². The molecule has 0 aliphatic heterocycles. The van der Waals surface area contributed by atoms with Gasteiger partial charge in [-0.1, -0.05) is 31.0 Å². The lowest BCUT2D eigenvalue weighted by atomic mass is 10.1. The first-order valence-corrected chi connectivity index (χ1v) is 4.59. The monoisotopic (exact) mass is 232 g/mol. The third kappa shape index (κ3) is 4.29. The van der Waals surface area contributed by atoms with Crippen molar-refractivity contribution in [2.24, 2.45) is 17.4 Å². The van der Waals surface area contributed by atoms with E-state index in [1.807, 2.05) is 0 Å². The van der Waals surface area contributed by atoms with Crippen molar-refractivity contribution >= 4 is 40.4 Å². The van der Waals surface area contributed by atoms with Crippen LogP contribution in [0, 0.1) is 5.92 Å². The molecule has 0 bridgehead atoms. The number of hydrogen-bond acceptors (Lipinski definition) is 4. The minimum Gasteiger partial charge on any atom is -0.461 e. The summed E-state index contributed by atoms with van der Waals surface area (Å²) < 4.78 is 4.81. The van der Waals surface area contributed by atoms with Crippen LogP contribution >= 0.6 is 24.4 Å². The van der Waals surface area contributed by atoms with Gasteiger partial charge in [-0.3, -0.25) is 0 Å². The Bertz CT molecular complexity index is 275. The third-order valence-electron chi connectivity index (χ3n) is 1.42. The van der Waals surface area contributed by atoms with Gasteiger partial charge >= 0.3 is 5.97 Å². The molecule has 0 saturated heterocycles. The van der Waals surface area contributed by atoms with Gasteiger partial charge in [-0.2, -0.15) is 0 Å². The summed E-state index contributed by atoms with van der Waals surface area (Å²) in [5.41, 5.74) is 11.0. The SMILES string of the molecule is C=C(C)C(=O)OCC(C(N)=S)C(N)=S. The van der Waals surface area contributed by atoms with Gasteiger partial charge in [0.1, 0.15) is 6.61 Å². The molecule has 0 aliphatic carbocycles. The van der Waals surface area contributed by atoms with Gasteiger partial charge in [-0.15, -0.1) is 0 Å². The van der Waals surface area contributed by atoms with Gasteiger partial charge in [-0.05, 0) is 6.92 Å². The quantitative estimate of drug-likeness (QED) is 0.403. The van der Waals surface area contributed by atoms with E-state index in [2.05, 4.69) is 6.58 Å². The molecular formula is C8H12N2O2S2. The summed E-state index contributed by atoms with van der Waals surface area (Å²) in [6.07, 6.45) is 0. The smallest absolute Gasteiger partial charge is 0.333 e. The van der Waals surface area contributed by atoms with Gasteiger partial charge in [0.2, 0.25) is 0 Å². The normalized spacial score (nSPS) is 9.57. The highest BCUT2D eigenvalue weighted by Crippen LogP contribution is 2.01. The summed E-state index contributed by atoms with van der Waals surface area (Å²) in [7, 11) is 0. The Morgan fingerprint density at radius 2 is 1.86 bits per heavy atom. The summed E-state index contributed by atoms with van der Waals surface area (Å²) in [5.74, 6) is -1.06. The van der Waals surface area contributed by atoms with Crippen molar-refractivity contribution in [2.45, 2.75) is 6.92 Å². The summed E-state index contributed by atoms with van der Waals surface area (Å²) in [4.78, 5) is 11.2. The van der Waals surface area contributed by atoms with Crippen LogP contribution in [-0.2, 0) is 9.53 Å². The van der Waals surface area contributed by atoms with Gasteiger partial charge in [0.15, 0.2) is 0 Å². The summed E-state index contributed by atoms with van der Waals surface area (Å²) in [6, 6.07) is 0. The molecule has 0 saturated carbocycles. The van der Waals surface area contributed by atoms with Crippen LogP contribution in [0.4, 0.5) is 0 Å². The maximum atomic E-state index is 11.0. The van der Waals surface area contributed by atoms with Crippen LogP contribution in [0.25, 0.3) is 0 Å². The van der Waals surface area contributed by atoms with Gasteiger partial charge in [0.05, 0.1) is 15.9 Å². The molecule has 0 rings (SSSR count). The van der Waals surface area contributed by atoms with E-state index in [9.17, 15) is 4.79 Å². The first-order chi connectivity index (χ1) is 6.36. The number of carbonyl (C=O) groups excluding carboxylic acids is 1. The Morgan fingerprint density at radius 3 is 2.14 bits per heavy atom. The third-order valence-corrected chi connectivity index (χ3v) is 1.99. The number of rotatable bonds is 5. The second-order valence-corrected chi connectivity index (χ2v) is 3.68. The molecule has 0 fully saturated rings. The van der Waals surface area contributed by atoms with E-state index >= 15 is 0 Å². The van der Waals surface area contributed by atoms with E-state index in [1.54, 1.807) is 6.92 Å². The molecule has 0 heterocycles. The van der Waals surface area contributed by atoms with E-state index in [4.69, 9.17) is 40.6 Å². The van der Waals surface area contributed by atoms with Crippen molar-refractivity contribution in [1.82, 2.24) is 0 Å². The predicted molar refractivity (Wildman–Crippen MR) is 62.8 cm³/mol. The molecule has 0 unspecified atom stereocenters. The van der Waals surface area contributed by atoms with E-state index in [0.29, 0.717) is 5.57 Å². The lowest BCUT2D eigenvalue weighted by Gasteiger charge is -2.13. The molecule has 78 valence electrons. The topological polar surface area (TPSA) is 78.3 Å². The van der Waals surface area contributed by atoms with Crippen molar-refractivity contribution in [3.05, 3.63) is 12.2 Å². The lowest BCUT2D eigenvalue weighted by molar-refractivity contribution is -0.139. The number of hydrogen-bond donors (Lipinski definition) is 2. The van der Waals surface area contributed by atoms with Gasteiger partial charge < -0.3 is 16.2 Å². The van der Waals surface area contributed by atoms with Crippen LogP contribution in [0.5, 0.6) is 0 Å². The fourth-order valence-electron chi connectivity index (χ4n) is 0.587. The molecule has 0 aliphatic rings. The molecular weight excluding hydrogens is 220 g/mol. The standard InChI is InChI=1S/C8H12N2O2S2/c1-4(2)8(11)12-3-5(6(9)13)7(10)14/h5H,1,3H2,2H3,(H2,9,13)(H2,10,14). The first kappa shape index (κ1) is 13.0. The van der Waals surface area contributed by atoms with Gasteiger partial charge in [0.25, 0.3) is 0 Å². The second-order valence-electron chi connectivity index (χ2n) is 2.74. The molecule has 4 N–H and O–H groups in total. The molecule has 0 aromatic rings. The minimum atomic E-state index is -0.553. The maximum absolute atomic E-state index is 11.0. The zero-order chi connectivity index (χ0) is 11.3. The zero-order valence-electron chi connectivity index (χ0n) is 7.78. The van der Waals surface area contributed by atoms with Crippen LogP contribution in [-0.4, -0.2) is 22.6 Å². The molecule has 6 heteroatoms. The largest absolute Gasteiger partial charge is 0.461 e. The van der Waals surface area contributed by atoms with Crippen molar-refractivity contribution in [3.8, 4) is 0 Å². The second kappa shape index (κ2) is 5.66. The van der Waals surface area contributed by atoms with Crippen molar-refractivity contribution in [3.63, 3.8) is 0 Å². The average molecular weight is 232 g/mol. The average Bonchev–Trinajstić information content (AvgIpc) is 2.02. The number of ether oxygens (including phenoxy) is 1. The van der Waals surface area contributed by atoms with Crippen LogP contribution in [0.1, 0.15) is 6.92 Å². The van der Waals surface area contributed by atoms with Gasteiger partial charge in [0, 0.05) is 5.57 Å². The highest BCUT2D eigenvalue weighted by molar-refractivity contribution is 7.82. The maximum Gasteiger partial charge on any atom is 0.333 e. The Balaban J connectivity index is 4.21. The summed E-state index contributed by atoms with van der Waals surface area (Å²) in [6.45, 7) is 4.93. The van der Waals surface area contributed by atoms with Crippen molar-refractivity contribution < 1.29 is 9.53 Å². The molecule has 0 spiro atoms. The Morgan fingerprint density at radius 1 is 1.43 bits per heavy atom. The molecule has 0 aromatic heterocycles. The molecule has 14 heavy (non-hydrogen) atoms. The Kier molecular flexibility index (Phi) is 5.26. The number of thiocarbonyl (C=S) groups is 2. The van der Waals surface area contributed by atoms with Crippen molar-refractivity contribution in [1.29, 1.82) is 0 Å². The lowest BCUT2D eigenvalue weighted by Crippen LogP contribution is -2.36.